The van der Waals surface area contributed by atoms with Crippen LogP contribution in [0.25, 0.3) is 10.9 Å². The molecule has 8 nitrogen and oxygen atoms in total. The van der Waals surface area contributed by atoms with E-state index in [4.69, 9.17) is 21.4 Å². The van der Waals surface area contributed by atoms with Gasteiger partial charge in [-0.1, -0.05) is 22.9 Å². The van der Waals surface area contributed by atoms with E-state index in [1.54, 1.807) is 17.9 Å². The Kier molecular flexibility index (Phi) is 4.90. The average molecular weight is 423 g/mol. The number of halogens is 1. The lowest BCUT2D eigenvalue weighted by molar-refractivity contribution is 0.0463. The number of piperidine rings is 1. The molecule has 10 heteroatoms. The first kappa shape index (κ1) is 19.0. The van der Waals surface area contributed by atoms with Crippen molar-refractivity contribution in [2.75, 3.05) is 25.1 Å². The van der Waals surface area contributed by atoms with Crippen LogP contribution in [0.2, 0.25) is 5.02 Å². The van der Waals surface area contributed by atoms with Gasteiger partial charge in [0.05, 0.1) is 23.4 Å². The van der Waals surface area contributed by atoms with E-state index in [1.807, 2.05) is 17.9 Å². The number of carbonyl (C=O) groups is 1. The quantitative estimate of drug-likeness (QED) is 0.670. The van der Waals surface area contributed by atoms with Gasteiger partial charge in [-0.05, 0) is 19.4 Å². The van der Waals surface area contributed by atoms with Crippen molar-refractivity contribution in [3.63, 3.8) is 0 Å². The van der Waals surface area contributed by atoms with Gasteiger partial charge < -0.3 is 24.3 Å². The molecule has 4 heterocycles. The summed E-state index contributed by atoms with van der Waals surface area (Å²) < 4.78 is 7.38. The van der Waals surface area contributed by atoms with Crippen LogP contribution < -0.4 is 10.5 Å². The van der Waals surface area contributed by atoms with E-state index in [2.05, 4.69) is 9.97 Å². The fourth-order valence-electron chi connectivity index (χ4n) is 3.70. The first-order chi connectivity index (χ1) is 13.4. The van der Waals surface area contributed by atoms with Crippen molar-refractivity contribution in [3.05, 3.63) is 44.4 Å². The van der Waals surface area contributed by atoms with Gasteiger partial charge in [0.1, 0.15) is 10.4 Å². The molecule has 1 aliphatic rings. The summed E-state index contributed by atoms with van der Waals surface area (Å²) in [5, 5.41) is 11.0. The fraction of sp³-hybridized carbons (Fsp3) is 0.389. The number of hydrogen-bond acceptors (Lipinski definition) is 6. The average Bonchev–Trinajstić information content (AvgIpc) is 3.29. The van der Waals surface area contributed by atoms with E-state index in [-0.39, 0.29) is 22.6 Å². The lowest BCUT2D eigenvalue weighted by atomic mass is 10.0. The van der Waals surface area contributed by atoms with Crippen molar-refractivity contribution >= 4 is 44.9 Å². The fourth-order valence-corrected chi connectivity index (χ4v) is 4.69. The number of nitrogens with zero attached hydrogens (tertiary/aromatic N) is 3. The maximum Gasteiger partial charge on any atom is 0.347 e. The van der Waals surface area contributed by atoms with Crippen molar-refractivity contribution in [1.82, 2.24) is 14.5 Å². The summed E-state index contributed by atoms with van der Waals surface area (Å²) >= 11 is 7.40. The molecule has 2 atom stereocenters. The molecule has 3 aromatic heterocycles. The van der Waals surface area contributed by atoms with E-state index in [0.717, 1.165) is 22.4 Å². The predicted octanol–water partition coefficient (Wildman–Crippen LogP) is 2.91. The molecule has 1 saturated heterocycles. The minimum absolute atomic E-state index is 0.129. The second-order valence-electron chi connectivity index (χ2n) is 6.77. The highest BCUT2D eigenvalue weighted by atomic mass is 35.5. The Labute approximate surface area is 169 Å². The molecule has 0 spiro atoms. The molecule has 0 unspecified atom stereocenters. The Balaban J connectivity index is 1.63. The number of aryl methyl sites for hydroxylation is 1. The molecule has 0 aromatic carbocycles. The van der Waals surface area contributed by atoms with Crippen LogP contribution in [0.15, 0.2) is 23.3 Å². The molecule has 4 rings (SSSR count). The molecule has 0 bridgehead atoms. The Morgan fingerprint density at radius 3 is 2.96 bits per heavy atom. The van der Waals surface area contributed by atoms with Crippen molar-refractivity contribution in [2.45, 2.75) is 25.5 Å². The second kappa shape index (κ2) is 7.23. The van der Waals surface area contributed by atoms with Crippen LogP contribution in [0.5, 0.6) is 0 Å². The number of hydrogen-bond donors (Lipinski definition) is 2. The minimum Gasteiger partial charge on any atom is -0.477 e. The number of H-pyrrole nitrogens is 1. The summed E-state index contributed by atoms with van der Waals surface area (Å²) in [7, 11) is 1.62. The molecule has 1 aliphatic heterocycles. The number of thiazole rings is 1. The monoisotopic (exact) mass is 422 g/mol. The summed E-state index contributed by atoms with van der Waals surface area (Å²) in [6, 6.07) is 1.71. The lowest BCUT2D eigenvalue weighted by Crippen LogP contribution is -2.47. The third kappa shape index (κ3) is 3.09. The largest absolute Gasteiger partial charge is 0.477 e. The number of nitrogens with one attached hydrogen (secondary N) is 1. The zero-order valence-electron chi connectivity index (χ0n) is 15.3. The number of carboxylic acid groups (broad SMARTS) is 1. The van der Waals surface area contributed by atoms with Gasteiger partial charge in [0.25, 0.3) is 5.56 Å². The number of ether oxygens (including phenoxy) is 1. The van der Waals surface area contributed by atoms with Gasteiger partial charge in [-0.25, -0.2) is 9.78 Å². The third-order valence-corrected chi connectivity index (χ3v) is 6.69. The third-order valence-electron chi connectivity index (χ3n) is 5.16. The summed E-state index contributed by atoms with van der Waals surface area (Å²) in [5.74, 6) is -0.985. The van der Waals surface area contributed by atoms with Crippen molar-refractivity contribution in [1.29, 1.82) is 0 Å². The highest BCUT2D eigenvalue weighted by molar-refractivity contribution is 7.17. The van der Waals surface area contributed by atoms with Crippen molar-refractivity contribution in [2.24, 2.45) is 0 Å². The lowest BCUT2D eigenvalue weighted by Gasteiger charge is -2.38. The number of carboxylic acids is 1. The van der Waals surface area contributed by atoms with Gasteiger partial charge in [-0.15, -0.1) is 0 Å². The number of fused-ring (bicyclic) bond motifs is 1. The topological polar surface area (TPSA) is 100 Å². The van der Waals surface area contributed by atoms with Gasteiger partial charge in [0.15, 0.2) is 5.13 Å². The molecule has 28 heavy (non-hydrogen) atoms. The Hall–Kier alpha value is -2.36. The van der Waals surface area contributed by atoms with Gasteiger partial charge in [0, 0.05) is 37.5 Å². The number of aromatic carboxylic acids is 1. The van der Waals surface area contributed by atoms with E-state index >= 15 is 0 Å². The summed E-state index contributed by atoms with van der Waals surface area (Å²) in [5.41, 5.74) is 1.13. The van der Waals surface area contributed by atoms with Crippen molar-refractivity contribution in [3.8, 4) is 0 Å². The summed E-state index contributed by atoms with van der Waals surface area (Å²) in [6.45, 7) is 3.00. The molecule has 3 aromatic rings. The van der Waals surface area contributed by atoms with E-state index in [9.17, 15) is 9.59 Å². The van der Waals surface area contributed by atoms with Crippen LogP contribution in [-0.4, -0.2) is 51.9 Å². The van der Waals surface area contributed by atoms with Crippen LogP contribution in [0.1, 0.15) is 27.8 Å². The number of methoxy groups -OCH3 is 1. The van der Waals surface area contributed by atoms with Crippen LogP contribution >= 0.6 is 22.9 Å². The van der Waals surface area contributed by atoms with Gasteiger partial charge in [0.2, 0.25) is 0 Å². The van der Waals surface area contributed by atoms with Crippen LogP contribution in [0.4, 0.5) is 5.13 Å². The van der Waals surface area contributed by atoms with Gasteiger partial charge in [-0.3, -0.25) is 4.79 Å². The first-order valence-electron chi connectivity index (χ1n) is 8.76. The Bertz CT molecular complexity index is 1100. The van der Waals surface area contributed by atoms with Crippen LogP contribution in [0.3, 0.4) is 0 Å². The first-order valence-corrected chi connectivity index (χ1v) is 9.96. The maximum atomic E-state index is 13.0. The smallest absolute Gasteiger partial charge is 0.347 e. The number of anilines is 1. The predicted molar refractivity (Wildman–Crippen MR) is 108 cm³/mol. The van der Waals surface area contributed by atoms with Gasteiger partial charge >= 0.3 is 5.97 Å². The minimum atomic E-state index is -0.985. The SMILES string of the molecule is CO[C@H]1CN(c2ncc(C(=O)O)s2)CC[C@H]1n1ccc2c(Cl)c(C)[nH]c2c1=O. The molecule has 0 saturated carbocycles. The van der Waals surface area contributed by atoms with E-state index in [0.29, 0.717) is 35.2 Å². The molecular formula is C18H19ClN4O4S. The second-order valence-corrected chi connectivity index (χ2v) is 8.16. The summed E-state index contributed by atoms with van der Waals surface area (Å²) in [4.78, 5) is 33.6. The standard InChI is InChI=1S/C18H19ClN4O4S/c1-9-14(19)10-3-6-23(16(24)15(10)21-9)11-4-5-22(8-12(11)27-2)18-20-7-13(28-18)17(25)26/h3,6-7,11-12,21H,4-5,8H2,1-2H3,(H,25,26)/t11-,12+/m1/s1. The van der Waals surface area contributed by atoms with E-state index in [1.165, 1.54) is 6.20 Å². The number of aromatic amines is 1. The van der Waals surface area contributed by atoms with Crippen molar-refractivity contribution < 1.29 is 14.6 Å². The number of aromatic nitrogens is 3. The zero-order valence-corrected chi connectivity index (χ0v) is 16.9. The Morgan fingerprint density at radius 1 is 1.50 bits per heavy atom. The summed E-state index contributed by atoms with van der Waals surface area (Å²) in [6.07, 6.45) is 3.56. The van der Waals surface area contributed by atoms with Crippen LogP contribution in [-0.2, 0) is 4.74 Å². The highest BCUT2D eigenvalue weighted by Gasteiger charge is 2.33. The molecule has 1 fully saturated rings. The van der Waals surface area contributed by atoms with E-state index < -0.39 is 5.97 Å². The zero-order chi connectivity index (χ0) is 20.0. The molecular weight excluding hydrogens is 404 g/mol. The molecule has 2 N–H and O–H groups in total. The van der Waals surface area contributed by atoms with Crippen LogP contribution in [0, 0.1) is 6.92 Å². The molecule has 0 amide bonds. The van der Waals surface area contributed by atoms with Gasteiger partial charge in [-0.2, -0.15) is 0 Å². The maximum absolute atomic E-state index is 13.0. The molecule has 0 aliphatic carbocycles. The number of rotatable bonds is 4. The highest BCUT2D eigenvalue weighted by Crippen LogP contribution is 2.31. The number of pyridine rings is 1. The normalized spacial score (nSPS) is 20.0. The Morgan fingerprint density at radius 2 is 2.29 bits per heavy atom. The molecule has 148 valence electrons. The molecule has 0 radical (unpaired) electrons.